The van der Waals surface area contributed by atoms with E-state index in [-0.39, 0.29) is 11.9 Å². The Kier molecular flexibility index (Phi) is 5.14. The van der Waals surface area contributed by atoms with Crippen molar-refractivity contribution in [3.8, 4) is 5.75 Å². The molecule has 2 aromatic carbocycles. The summed E-state index contributed by atoms with van der Waals surface area (Å²) in [5.74, 6) is 1.38. The van der Waals surface area contributed by atoms with Crippen molar-refractivity contribution in [3.05, 3.63) is 83.9 Å². The number of carbonyl (C=O) groups excluding carboxylic acids is 1. The number of amides is 1. The molecule has 5 nitrogen and oxygen atoms in total. The summed E-state index contributed by atoms with van der Waals surface area (Å²) in [6, 6.07) is 16.6. The number of benzene rings is 2. The van der Waals surface area contributed by atoms with Crippen molar-refractivity contribution in [2.75, 3.05) is 6.61 Å². The number of nitrogens with one attached hydrogen (secondary N) is 1. The van der Waals surface area contributed by atoms with E-state index in [4.69, 9.17) is 4.74 Å². The second-order valence-corrected chi connectivity index (χ2v) is 5.67. The molecule has 3 aromatic rings. The van der Waals surface area contributed by atoms with Crippen LogP contribution in [0, 0.1) is 0 Å². The highest BCUT2D eigenvalue weighted by atomic mass is 16.5. The van der Waals surface area contributed by atoms with E-state index in [1.165, 1.54) is 0 Å². The van der Waals surface area contributed by atoms with Crippen LogP contribution in [-0.2, 0) is 7.05 Å². The van der Waals surface area contributed by atoms with E-state index in [9.17, 15) is 4.79 Å². The molecule has 25 heavy (non-hydrogen) atoms. The standard InChI is InChI=1S/C20H21N3O2/c1-3-25-17-11-9-16(10-12-17)20(24)22-18(15-7-5-4-6-8-15)19-21-13-14-23(19)2/h4-14,18H,3H2,1-2H3,(H,22,24). The van der Waals surface area contributed by atoms with Crippen LogP contribution >= 0.6 is 0 Å². The van der Waals surface area contributed by atoms with Crippen LogP contribution in [0.5, 0.6) is 5.75 Å². The van der Waals surface area contributed by atoms with E-state index < -0.39 is 0 Å². The zero-order valence-corrected chi connectivity index (χ0v) is 14.3. The molecule has 1 heterocycles. The SMILES string of the molecule is CCOc1ccc(C(=O)NC(c2ccccc2)c2nccn2C)cc1. The molecule has 0 aliphatic heterocycles. The van der Waals surface area contributed by atoms with Crippen LogP contribution in [0.25, 0.3) is 0 Å². The van der Waals surface area contributed by atoms with Crippen molar-refractivity contribution in [3.63, 3.8) is 0 Å². The van der Waals surface area contributed by atoms with Crippen molar-refractivity contribution >= 4 is 5.91 Å². The first-order valence-electron chi connectivity index (χ1n) is 8.25. The summed E-state index contributed by atoms with van der Waals surface area (Å²) >= 11 is 0. The lowest BCUT2D eigenvalue weighted by molar-refractivity contribution is 0.0941. The molecule has 3 rings (SSSR count). The Morgan fingerprint density at radius 3 is 2.48 bits per heavy atom. The smallest absolute Gasteiger partial charge is 0.252 e. The maximum Gasteiger partial charge on any atom is 0.252 e. The van der Waals surface area contributed by atoms with Gasteiger partial charge in [0, 0.05) is 25.0 Å². The molecule has 0 bridgehead atoms. The summed E-state index contributed by atoms with van der Waals surface area (Å²) < 4.78 is 7.33. The first kappa shape index (κ1) is 16.8. The molecule has 5 heteroatoms. The van der Waals surface area contributed by atoms with E-state index in [0.29, 0.717) is 12.2 Å². The van der Waals surface area contributed by atoms with Gasteiger partial charge in [-0.05, 0) is 36.8 Å². The quantitative estimate of drug-likeness (QED) is 0.752. The van der Waals surface area contributed by atoms with Gasteiger partial charge in [-0.2, -0.15) is 0 Å². The van der Waals surface area contributed by atoms with Gasteiger partial charge in [0.25, 0.3) is 5.91 Å². The Hall–Kier alpha value is -3.08. The van der Waals surface area contributed by atoms with Gasteiger partial charge in [0.2, 0.25) is 0 Å². The van der Waals surface area contributed by atoms with Gasteiger partial charge < -0.3 is 14.6 Å². The third-order valence-electron chi connectivity index (χ3n) is 3.95. The molecule has 0 fully saturated rings. The van der Waals surface area contributed by atoms with Gasteiger partial charge in [0.05, 0.1) is 6.61 Å². The van der Waals surface area contributed by atoms with Gasteiger partial charge in [0.15, 0.2) is 0 Å². The molecule has 0 aliphatic rings. The molecular weight excluding hydrogens is 314 g/mol. The summed E-state index contributed by atoms with van der Waals surface area (Å²) in [6.45, 7) is 2.53. The molecule has 1 atom stereocenters. The lowest BCUT2D eigenvalue weighted by atomic mass is 10.1. The molecule has 1 unspecified atom stereocenters. The number of hydrogen-bond donors (Lipinski definition) is 1. The van der Waals surface area contributed by atoms with Gasteiger partial charge in [0.1, 0.15) is 17.6 Å². The third-order valence-corrected chi connectivity index (χ3v) is 3.95. The highest BCUT2D eigenvalue weighted by molar-refractivity contribution is 5.94. The van der Waals surface area contributed by atoms with E-state index in [1.54, 1.807) is 30.5 Å². The second-order valence-electron chi connectivity index (χ2n) is 5.67. The summed E-state index contributed by atoms with van der Waals surface area (Å²) in [6.07, 6.45) is 3.60. The van der Waals surface area contributed by atoms with Crippen LogP contribution < -0.4 is 10.1 Å². The zero-order valence-electron chi connectivity index (χ0n) is 14.3. The van der Waals surface area contributed by atoms with Gasteiger partial charge >= 0.3 is 0 Å². The summed E-state index contributed by atoms with van der Waals surface area (Å²) in [4.78, 5) is 17.1. The van der Waals surface area contributed by atoms with Crippen molar-refractivity contribution in [1.82, 2.24) is 14.9 Å². The number of ether oxygens (including phenoxy) is 1. The monoisotopic (exact) mass is 335 g/mol. The fourth-order valence-corrected chi connectivity index (χ4v) is 2.68. The van der Waals surface area contributed by atoms with Crippen molar-refractivity contribution in [1.29, 1.82) is 0 Å². The fourth-order valence-electron chi connectivity index (χ4n) is 2.68. The largest absolute Gasteiger partial charge is 0.494 e. The highest BCUT2D eigenvalue weighted by Crippen LogP contribution is 2.21. The number of hydrogen-bond acceptors (Lipinski definition) is 3. The second kappa shape index (κ2) is 7.66. The van der Waals surface area contributed by atoms with Crippen molar-refractivity contribution < 1.29 is 9.53 Å². The maximum absolute atomic E-state index is 12.7. The van der Waals surface area contributed by atoms with Crippen LogP contribution in [0.4, 0.5) is 0 Å². The van der Waals surface area contributed by atoms with Gasteiger partial charge in [-0.15, -0.1) is 0 Å². The minimum Gasteiger partial charge on any atom is -0.494 e. The predicted octanol–water partition coefficient (Wildman–Crippen LogP) is 3.34. The number of imidazole rings is 1. The summed E-state index contributed by atoms with van der Waals surface area (Å²) in [5, 5.41) is 3.08. The van der Waals surface area contributed by atoms with Gasteiger partial charge in [-0.25, -0.2) is 4.98 Å². The minimum atomic E-state index is -0.319. The predicted molar refractivity (Wildman–Crippen MR) is 96.6 cm³/mol. The first-order chi connectivity index (χ1) is 12.2. The number of aryl methyl sites for hydroxylation is 1. The van der Waals surface area contributed by atoms with Crippen LogP contribution in [0.2, 0.25) is 0 Å². The van der Waals surface area contributed by atoms with Crippen molar-refractivity contribution in [2.24, 2.45) is 7.05 Å². The third kappa shape index (κ3) is 3.88. The lowest BCUT2D eigenvalue weighted by Gasteiger charge is -2.19. The van der Waals surface area contributed by atoms with E-state index in [0.717, 1.165) is 17.1 Å². The molecule has 1 aromatic heterocycles. The summed E-state index contributed by atoms with van der Waals surface area (Å²) in [7, 11) is 1.92. The number of rotatable bonds is 6. The van der Waals surface area contributed by atoms with E-state index in [1.807, 2.05) is 55.1 Å². The topological polar surface area (TPSA) is 56.1 Å². The Morgan fingerprint density at radius 2 is 1.88 bits per heavy atom. The summed E-state index contributed by atoms with van der Waals surface area (Å²) in [5.41, 5.74) is 1.56. The normalized spacial score (nSPS) is 11.8. The number of aromatic nitrogens is 2. The molecule has 0 saturated heterocycles. The number of nitrogens with zero attached hydrogens (tertiary/aromatic N) is 2. The Morgan fingerprint density at radius 1 is 1.16 bits per heavy atom. The average Bonchev–Trinajstić information content (AvgIpc) is 3.07. The minimum absolute atomic E-state index is 0.153. The van der Waals surface area contributed by atoms with Crippen molar-refractivity contribution in [2.45, 2.75) is 13.0 Å². The molecule has 0 saturated carbocycles. The van der Waals surface area contributed by atoms with Crippen LogP contribution in [-0.4, -0.2) is 22.1 Å². The molecule has 128 valence electrons. The Labute approximate surface area is 147 Å². The lowest BCUT2D eigenvalue weighted by Crippen LogP contribution is -2.31. The Balaban J connectivity index is 1.85. The molecule has 0 radical (unpaired) electrons. The van der Waals surface area contributed by atoms with Gasteiger partial charge in [-0.3, -0.25) is 4.79 Å². The Bertz CT molecular complexity index is 826. The molecule has 1 N–H and O–H groups in total. The van der Waals surface area contributed by atoms with Crippen LogP contribution in [0.1, 0.15) is 34.7 Å². The van der Waals surface area contributed by atoms with Gasteiger partial charge in [-0.1, -0.05) is 30.3 Å². The van der Waals surface area contributed by atoms with E-state index >= 15 is 0 Å². The molecule has 0 spiro atoms. The molecule has 0 aliphatic carbocycles. The molecular formula is C20H21N3O2. The molecule has 1 amide bonds. The van der Waals surface area contributed by atoms with Crippen LogP contribution in [0.15, 0.2) is 67.0 Å². The van der Waals surface area contributed by atoms with E-state index in [2.05, 4.69) is 10.3 Å². The fraction of sp³-hybridized carbons (Fsp3) is 0.200. The zero-order chi connectivity index (χ0) is 17.6. The number of carbonyl (C=O) groups is 1. The van der Waals surface area contributed by atoms with Crippen LogP contribution in [0.3, 0.4) is 0 Å². The maximum atomic E-state index is 12.7. The average molecular weight is 335 g/mol. The highest BCUT2D eigenvalue weighted by Gasteiger charge is 2.21. The first-order valence-corrected chi connectivity index (χ1v) is 8.25.